The van der Waals surface area contributed by atoms with Gasteiger partial charge in [-0.1, -0.05) is 13.8 Å². The molecule has 15 heavy (non-hydrogen) atoms. The standard InChI is InChI=1S/C10H13N5/c1-6(2)9-13-5-8(14-9)7-3-4-12-10(11)15-7/h3-6H,1-2H3,(H,13,14)(H2,11,12,15). The van der Waals surface area contributed by atoms with E-state index in [1.807, 2.05) is 0 Å². The lowest BCUT2D eigenvalue weighted by atomic mass is 10.2. The Balaban J connectivity index is 2.37. The van der Waals surface area contributed by atoms with Gasteiger partial charge in [0.2, 0.25) is 5.95 Å². The Morgan fingerprint density at radius 3 is 2.73 bits per heavy atom. The molecular weight excluding hydrogens is 190 g/mol. The highest BCUT2D eigenvalue weighted by molar-refractivity contribution is 5.54. The van der Waals surface area contributed by atoms with Crippen molar-refractivity contribution in [2.45, 2.75) is 19.8 Å². The van der Waals surface area contributed by atoms with E-state index in [4.69, 9.17) is 5.73 Å². The second-order valence-electron chi connectivity index (χ2n) is 3.64. The zero-order valence-electron chi connectivity index (χ0n) is 8.73. The maximum absolute atomic E-state index is 5.51. The van der Waals surface area contributed by atoms with Gasteiger partial charge in [0.05, 0.1) is 17.6 Å². The number of nitrogens with two attached hydrogens (primary N) is 1. The number of imidazole rings is 1. The van der Waals surface area contributed by atoms with Gasteiger partial charge in [-0.25, -0.2) is 15.0 Å². The molecule has 0 fully saturated rings. The van der Waals surface area contributed by atoms with Crippen molar-refractivity contribution in [1.29, 1.82) is 0 Å². The summed E-state index contributed by atoms with van der Waals surface area (Å²) in [4.78, 5) is 15.4. The molecule has 0 spiro atoms. The summed E-state index contributed by atoms with van der Waals surface area (Å²) in [5, 5.41) is 0. The normalized spacial score (nSPS) is 10.9. The van der Waals surface area contributed by atoms with E-state index in [-0.39, 0.29) is 5.95 Å². The van der Waals surface area contributed by atoms with Crippen LogP contribution in [0.5, 0.6) is 0 Å². The maximum Gasteiger partial charge on any atom is 0.220 e. The molecule has 3 N–H and O–H groups in total. The third-order valence-electron chi connectivity index (χ3n) is 2.09. The first-order valence-corrected chi connectivity index (χ1v) is 4.80. The van der Waals surface area contributed by atoms with Gasteiger partial charge in [0.1, 0.15) is 5.82 Å². The molecular formula is C10H13N5. The predicted molar refractivity (Wildman–Crippen MR) is 58.1 cm³/mol. The Kier molecular flexibility index (Phi) is 2.37. The Morgan fingerprint density at radius 1 is 1.33 bits per heavy atom. The zero-order chi connectivity index (χ0) is 10.8. The summed E-state index contributed by atoms with van der Waals surface area (Å²) in [5.74, 6) is 1.59. The van der Waals surface area contributed by atoms with E-state index in [1.165, 1.54) is 0 Å². The number of nitrogen functional groups attached to an aromatic ring is 1. The van der Waals surface area contributed by atoms with E-state index >= 15 is 0 Å². The summed E-state index contributed by atoms with van der Waals surface area (Å²) in [7, 11) is 0. The van der Waals surface area contributed by atoms with Crippen LogP contribution in [0, 0.1) is 0 Å². The van der Waals surface area contributed by atoms with Crippen molar-refractivity contribution in [3.05, 3.63) is 24.3 Å². The first kappa shape index (κ1) is 9.64. The molecule has 5 nitrogen and oxygen atoms in total. The van der Waals surface area contributed by atoms with Crippen LogP contribution in [0.15, 0.2) is 18.5 Å². The van der Waals surface area contributed by atoms with Crippen molar-refractivity contribution in [2.24, 2.45) is 0 Å². The quantitative estimate of drug-likeness (QED) is 0.776. The minimum Gasteiger partial charge on any atom is -0.368 e. The average molecular weight is 203 g/mol. The number of rotatable bonds is 2. The molecule has 0 radical (unpaired) electrons. The Morgan fingerprint density at radius 2 is 2.13 bits per heavy atom. The molecule has 0 saturated heterocycles. The van der Waals surface area contributed by atoms with Gasteiger partial charge >= 0.3 is 0 Å². The van der Waals surface area contributed by atoms with Crippen molar-refractivity contribution in [3.8, 4) is 11.4 Å². The van der Waals surface area contributed by atoms with E-state index in [1.54, 1.807) is 18.5 Å². The van der Waals surface area contributed by atoms with Crippen molar-refractivity contribution >= 4 is 5.95 Å². The Bertz CT molecular complexity index is 460. The number of nitrogens with one attached hydrogen (secondary N) is 1. The largest absolute Gasteiger partial charge is 0.368 e. The molecule has 78 valence electrons. The fourth-order valence-corrected chi connectivity index (χ4v) is 1.28. The van der Waals surface area contributed by atoms with Gasteiger partial charge in [0, 0.05) is 12.1 Å². The summed E-state index contributed by atoms with van der Waals surface area (Å²) in [5.41, 5.74) is 7.14. The topological polar surface area (TPSA) is 80.5 Å². The lowest BCUT2D eigenvalue weighted by molar-refractivity contribution is 0.794. The first-order valence-electron chi connectivity index (χ1n) is 4.80. The Hall–Kier alpha value is -1.91. The molecule has 0 aliphatic rings. The summed E-state index contributed by atoms with van der Waals surface area (Å²) in [6.07, 6.45) is 3.39. The van der Waals surface area contributed by atoms with Crippen molar-refractivity contribution in [2.75, 3.05) is 5.73 Å². The number of aromatic nitrogens is 4. The minimum absolute atomic E-state index is 0.271. The summed E-state index contributed by atoms with van der Waals surface area (Å²) < 4.78 is 0. The molecule has 0 unspecified atom stereocenters. The van der Waals surface area contributed by atoms with Crippen molar-refractivity contribution in [1.82, 2.24) is 19.9 Å². The van der Waals surface area contributed by atoms with Crippen molar-refractivity contribution in [3.63, 3.8) is 0 Å². The molecule has 5 heteroatoms. The summed E-state index contributed by atoms with van der Waals surface area (Å²) >= 11 is 0. The van der Waals surface area contributed by atoms with E-state index in [9.17, 15) is 0 Å². The van der Waals surface area contributed by atoms with Gasteiger partial charge in [-0.15, -0.1) is 0 Å². The van der Waals surface area contributed by atoms with Gasteiger partial charge in [0.15, 0.2) is 0 Å². The SMILES string of the molecule is CC(C)c1ncc(-c2ccnc(N)n2)[nH]1. The lowest BCUT2D eigenvalue weighted by Crippen LogP contribution is -1.95. The second-order valence-corrected chi connectivity index (χ2v) is 3.64. The second kappa shape index (κ2) is 3.68. The minimum atomic E-state index is 0.271. The molecule has 0 amide bonds. The van der Waals surface area contributed by atoms with Gasteiger partial charge in [0.25, 0.3) is 0 Å². The summed E-state index contributed by atoms with van der Waals surface area (Å²) in [6, 6.07) is 1.80. The molecule has 0 aromatic carbocycles. The summed E-state index contributed by atoms with van der Waals surface area (Å²) in [6.45, 7) is 4.16. The molecule has 0 atom stereocenters. The van der Waals surface area contributed by atoms with Crippen LogP contribution >= 0.6 is 0 Å². The molecule has 0 saturated carbocycles. The third kappa shape index (κ3) is 1.96. The van der Waals surface area contributed by atoms with Crippen molar-refractivity contribution < 1.29 is 0 Å². The van der Waals surface area contributed by atoms with E-state index in [2.05, 4.69) is 33.8 Å². The van der Waals surface area contributed by atoms with Gasteiger partial charge in [-0.05, 0) is 6.07 Å². The number of aromatic amines is 1. The lowest BCUT2D eigenvalue weighted by Gasteiger charge is -1.99. The van der Waals surface area contributed by atoms with E-state index in [0.717, 1.165) is 17.2 Å². The molecule has 0 aliphatic heterocycles. The molecule has 0 bridgehead atoms. The molecule has 2 rings (SSSR count). The Labute approximate surface area is 87.8 Å². The number of hydrogen-bond donors (Lipinski definition) is 2. The van der Waals surface area contributed by atoms with Gasteiger partial charge in [-0.3, -0.25) is 0 Å². The fourth-order valence-electron chi connectivity index (χ4n) is 1.28. The van der Waals surface area contributed by atoms with Crippen LogP contribution in [0.1, 0.15) is 25.6 Å². The number of H-pyrrole nitrogens is 1. The smallest absolute Gasteiger partial charge is 0.220 e. The monoisotopic (exact) mass is 203 g/mol. The van der Waals surface area contributed by atoms with Crippen LogP contribution < -0.4 is 5.73 Å². The number of nitrogens with zero attached hydrogens (tertiary/aromatic N) is 3. The zero-order valence-corrected chi connectivity index (χ0v) is 8.73. The van der Waals surface area contributed by atoms with E-state index < -0.39 is 0 Å². The van der Waals surface area contributed by atoms with Gasteiger partial charge < -0.3 is 10.7 Å². The molecule has 0 aliphatic carbocycles. The first-order chi connectivity index (χ1) is 7.16. The van der Waals surface area contributed by atoms with Crippen LogP contribution in [0.25, 0.3) is 11.4 Å². The van der Waals surface area contributed by atoms with Crippen LogP contribution in [-0.4, -0.2) is 19.9 Å². The third-order valence-corrected chi connectivity index (χ3v) is 2.09. The number of hydrogen-bond acceptors (Lipinski definition) is 4. The highest BCUT2D eigenvalue weighted by atomic mass is 15.0. The average Bonchev–Trinajstić information content (AvgIpc) is 2.66. The highest BCUT2D eigenvalue weighted by Crippen LogP contribution is 2.17. The van der Waals surface area contributed by atoms with Crippen LogP contribution in [0.2, 0.25) is 0 Å². The number of anilines is 1. The van der Waals surface area contributed by atoms with Gasteiger partial charge in [-0.2, -0.15) is 0 Å². The van der Waals surface area contributed by atoms with Crippen LogP contribution in [0.3, 0.4) is 0 Å². The van der Waals surface area contributed by atoms with E-state index in [0.29, 0.717) is 5.92 Å². The molecule has 2 aromatic rings. The van der Waals surface area contributed by atoms with Crippen LogP contribution in [-0.2, 0) is 0 Å². The molecule has 2 aromatic heterocycles. The highest BCUT2D eigenvalue weighted by Gasteiger charge is 2.07. The fraction of sp³-hybridized carbons (Fsp3) is 0.300. The molecule has 2 heterocycles. The van der Waals surface area contributed by atoms with Crippen LogP contribution in [0.4, 0.5) is 5.95 Å². The maximum atomic E-state index is 5.51. The predicted octanol–water partition coefficient (Wildman–Crippen LogP) is 1.57.